The van der Waals surface area contributed by atoms with Gasteiger partial charge in [0.2, 0.25) is 11.8 Å². The molecule has 1 aromatic heterocycles. The Bertz CT molecular complexity index is 692. The molecular weight excluding hydrogens is 377 g/mol. The topological polar surface area (TPSA) is 83.6 Å². The van der Waals surface area contributed by atoms with Crippen molar-refractivity contribution >= 4 is 11.9 Å². The maximum absolute atomic E-state index is 12.4. The van der Waals surface area contributed by atoms with Crippen LogP contribution in [0.25, 0.3) is 0 Å². The number of likely N-dealkylation sites (tertiary alicyclic amines) is 1. The molecule has 1 atom stereocenters. The average Bonchev–Trinajstić information content (AvgIpc) is 3.36. The average molecular weight is 400 g/mol. The first-order valence-corrected chi connectivity index (χ1v) is 9.28. The van der Waals surface area contributed by atoms with Crippen LogP contribution >= 0.6 is 0 Å². The molecular formula is C18H23F3N4O3. The van der Waals surface area contributed by atoms with Crippen LogP contribution in [0.4, 0.5) is 18.0 Å². The zero-order valence-corrected chi connectivity index (χ0v) is 15.3. The summed E-state index contributed by atoms with van der Waals surface area (Å²) in [6.45, 7) is -0.223. The SMILES string of the molecule is O=C(NCC(F)(F)F)C1CCCN1C(=O)NCc1ccc(OCC2CC2)nc1. The summed E-state index contributed by atoms with van der Waals surface area (Å²) in [5.41, 5.74) is 0.754. The number of hydrogen-bond acceptors (Lipinski definition) is 4. The van der Waals surface area contributed by atoms with E-state index in [0.29, 0.717) is 37.8 Å². The second-order valence-electron chi connectivity index (χ2n) is 7.10. The number of halogens is 3. The van der Waals surface area contributed by atoms with Crippen molar-refractivity contribution in [3.8, 4) is 5.88 Å². The van der Waals surface area contributed by atoms with Gasteiger partial charge in [0.15, 0.2) is 0 Å². The number of urea groups is 1. The minimum Gasteiger partial charge on any atom is -0.477 e. The van der Waals surface area contributed by atoms with Crippen LogP contribution in [0.15, 0.2) is 18.3 Å². The standard InChI is InChI=1S/C18H23F3N4O3/c19-18(20,21)11-24-16(26)14-2-1-7-25(14)17(27)23-9-13-5-6-15(22-8-13)28-10-12-3-4-12/h5-6,8,12,14H,1-4,7,9-11H2,(H,23,27)(H,24,26). The third-order valence-corrected chi connectivity index (χ3v) is 4.68. The Morgan fingerprint density at radius 1 is 1.21 bits per heavy atom. The molecule has 0 bridgehead atoms. The van der Waals surface area contributed by atoms with Crippen LogP contribution in [0.2, 0.25) is 0 Å². The number of amides is 3. The number of ether oxygens (including phenoxy) is 1. The molecule has 2 N–H and O–H groups in total. The minimum absolute atomic E-state index is 0.197. The number of nitrogens with zero attached hydrogens (tertiary/aromatic N) is 2. The first-order valence-electron chi connectivity index (χ1n) is 9.28. The fourth-order valence-electron chi connectivity index (χ4n) is 2.96. The molecule has 1 aliphatic heterocycles. The lowest BCUT2D eigenvalue weighted by molar-refractivity contribution is -0.140. The smallest absolute Gasteiger partial charge is 0.405 e. The number of pyridine rings is 1. The quantitative estimate of drug-likeness (QED) is 0.735. The lowest BCUT2D eigenvalue weighted by atomic mass is 10.2. The highest BCUT2D eigenvalue weighted by molar-refractivity contribution is 5.87. The monoisotopic (exact) mass is 400 g/mol. The number of hydrogen-bond donors (Lipinski definition) is 2. The molecule has 1 unspecified atom stereocenters. The molecule has 2 aliphatic rings. The zero-order valence-electron chi connectivity index (χ0n) is 15.3. The molecule has 0 radical (unpaired) electrons. The fraction of sp³-hybridized carbons (Fsp3) is 0.611. The summed E-state index contributed by atoms with van der Waals surface area (Å²) in [5, 5.41) is 4.53. The van der Waals surface area contributed by atoms with E-state index >= 15 is 0 Å². The number of rotatable bonds is 7. The number of alkyl halides is 3. The molecule has 1 saturated heterocycles. The van der Waals surface area contributed by atoms with E-state index in [2.05, 4.69) is 10.3 Å². The zero-order chi connectivity index (χ0) is 20.1. The molecule has 3 amide bonds. The highest BCUT2D eigenvalue weighted by Crippen LogP contribution is 2.29. The Balaban J connectivity index is 1.45. The van der Waals surface area contributed by atoms with Gasteiger partial charge < -0.3 is 20.3 Å². The number of carbonyl (C=O) groups is 2. The van der Waals surface area contributed by atoms with Crippen molar-refractivity contribution in [2.24, 2.45) is 5.92 Å². The van der Waals surface area contributed by atoms with E-state index in [9.17, 15) is 22.8 Å². The van der Waals surface area contributed by atoms with E-state index in [1.165, 1.54) is 17.7 Å². The predicted molar refractivity (Wildman–Crippen MR) is 93.5 cm³/mol. The van der Waals surface area contributed by atoms with Gasteiger partial charge in [-0.2, -0.15) is 13.2 Å². The number of aromatic nitrogens is 1. The molecule has 1 saturated carbocycles. The summed E-state index contributed by atoms with van der Waals surface area (Å²) in [5.74, 6) is 0.370. The summed E-state index contributed by atoms with van der Waals surface area (Å²) in [7, 11) is 0. The Hall–Kier alpha value is -2.52. The second-order valence-corrected chi connectivity index (χ2v) is 7.10. The van der Waals surface area contributed by atoms with Gasteiger partial charge in [0, 0.05) is 25.4 Å². The van der Waals surface area contributed by atoms with Gasteiger partial charge >= 0.3 is 12.2 Å². The molecule has 10 heteroatoms. The van der Waals surface area contributed by atoms with E-state index in [4.69, 9.17) is 4.74 Å². The van der Waals surface area contributed by atoms with Crippen molar-refractivity contribution in [2.75, 3.05) is 19.7 Å². The molecule has 2 heterocycles. The largest absolute Gasteiger partial charge is 0.477 e. The summed E-state index contributed by atoms with van der Waals surface area (Å²) in [6, 6.07) is 2.14. The van der Waals surface area contributed by atoms with Crippen molar-refractivity contribution in [3.05, 3.63) is 23.9 Å². The second kappa shape index (κ2) is 8.66. The molecule has 154 valence electrons. The van der Waals surface area contributed by atoms with Crippen LogP contribution in [0.5, 0.6) is 5.88 Å². The molecule has 3 rings (SSSR count). The molecule has 1 aromatic rings. The van der Waals surface area contributed by atoms with Crippen molar-refractivity contribution in [1.29, 1.82) is 0 Å². The highest BCUT2D eigenvalue weighted by atomic mass is 19.4. The van der Waals surface area contributed by atoms with Crippen LogP contribution in [-0.2, 0) is 11.3 Å². The van der Waals surface area contributed by atoms with Gasteiger partial charge in [0.25, 0.3) is 0 Å². The van der Waals surface area contributed by atoms with Crippen LogP contribution in [0.1, 0.15) is 31.2 Å². The van der Waals surface area contributed by atoms with Gasteiger partial charge in [-0.25, -0.2) is 9.78 Å². The van der Waals surface area contributed by atoms with Crippen LogP contribution in [-0.4, -0.2) is 53.7 Å². The first-order chi connectivity index (χ1) is 13.3. The van der Waals surface area contributed by atoms with Crippen molar-refractivity contribution < 1.29 is 27.5 Å². The van der Waals surface area contributed by atoms with Crippen LogP contribution in [0.3, 0.4) is 0 Å². The maximum atomic E-state index is 12.4. The summed E-state index contributed by atoms with van der Waals surface area (Å²) < 4.78 is 42.3. The highest BCUT2D eigenvalue weighted by Gasteiger charge is 2.36. The Labute approximate surface area is 160 Å². The van der Waals surface area contributed by atoms with Crippen molar-refractivity contribution in [3.63, 3.8) is 0 Å². The van der Waals surface area contributed by atoms with E-state index in [-0.39, 0.29) is 6.54 Å². The summed E-state index contributed by atoms with van der Waals surface area (Å²) in [6.07, 6.45) is 0.395. The van der Waals surface area contributed by atoms with Crippen LogP contribution in [0, 0.1) is 5.92 Å². The van der Waals surface area contributed by atoms with Gasteiger partial charge in [-0.05, 0) is 37.2 Å². The molecule has 1 aliphatic carbocycles. The van der Waals surface area contributed by atoms with Crippen molar-refractivity contribution in [1.82, 2.24) is 20.5 Å². The molecule has 0 aromatic carbocycles. The van der Waals surface area contributed by atoms with E-state index in [1.54, 1.807) is 18.3 Å². The molecule has 2 fully saturated rings. The lowest BCUT2D eigenvalue weighted by Gasteiger charge is -2.24. The maximum Gasteiger partial charge on any atom is 0.405 e. The van der Waals surface area contributed by atoms with Crippen LogP contribution < -0.4 is 15.4 Å². The number of nitrogens with one attached hydrogen (secondary N) is 2. The fourth-order valence-corrected chi connectivity index (χ4v) is 2.96. The molecule has 7 nitrogen and oxygen atoms in total. The van der Waals surface area contributed by atoms with E-state index in [0.717, 1.165) is 5.56 Å². The van der Waals surface area contributed by atoms with Gasteiger partial charge in [0.05, 0.1) is 6.61 Å². The van der Waals surface area contributed by atoms with Gasteiger partial charge in [-0.3, -0.25) is 4.79 Å². The van der Waals surface area contributed by atoms with E-state index in [1.807, 2.05) is 5.32 Å². The van der Waals surface area contributed by atoms with Gasteiger partial charge in [-0.15, -0.1) is 0 Å². The lowest BCUT2D eigenvalue weighted by Crippen LogP contribution is -2.50. The summed E-state index contributed by atoms with van der Waals surface area (Å²) >= 11 is 0. The Morgan fingerprint density at radius 2 is 2.00 bits per heavy atom. The van der Waals surface area contributed by atoms with Crippen molar-refractivity contribution in [2.45, 2.75) is 44.4 Å². The molecule has 0 spiro atoms. The predicted octanol–water partition coefficient (Wildman–Crippen LogP) is 2.22. The summed E-state index contributed by atoms with van der Waals surface area (Å²) in [4.78, 5) is 29.8. The third kappa shape index (κ3) is 6.00. The normalized spacial score (nSPS) is 19.4. The minimum atomic E-state index is -4.48. The number of carbonyl (C=O) groups excluding carboxylic acids is 2. The Kier molecular flexibility index (Phi) is 6.25. The first kappa shape index (κ1) is 20.2. The third-order valence-electron chi connectivity index (χ3n) is 4.68. The van der Waals surface area contributed by atoms with Gasteiger partial charge in [0.1, 0.15) is 12.6 Å². The van der Waals surface area contributed by atoms with Gasteiger partial charge in [-0.1, -0.05) is 6.07 Å². The molecule has 28 heavy (non-hydrogen) atoms. The Morgan fingerprint density at radius 3 is 2.64 bits per heavy atom. The van der Waals surface area contributed by atoms with E-state index < -0.39 is 30.7 Å².